The van der Waals surface area contributed by atoms with E-state index in [1.807, 2.05) is 65.4 Å². The van der Waals surface area contributed by atoms with Crippen LogP contribution in [0.4, 0.5) is 11.4 Å². The quantitative estimate of drug-likeness (QED) is 0.241. The fraction of sp³-hybridized carbons (Fsp3) is 0.120. The molecular formula is C25H21N5O3S. The summed E-state index contributed by atoms with van der Waals surface area (Å²) in [4.78, 5) is 17.4. The van der Waals surface area contributed by atoms with E-state index in [0.29, 0.717) is 5.11 Å². The number of hydrogen-bond donors (Lipinski definition) is 1. The fourth-order valence-electron chi connectivity index (χ4n) is 4.30. The number of hydrogen-bond acceptors (Lipinski definition) is 5. The molecule has 0 aliphatic carbocycles. The summed E-state index contributed by atoms with van der Waals surface area (Å²) in [6.07, 6.45) is 3.71. The van der Waals surface area contributed by atoms with Gasteiger partial charge in [-0.1, -0.05) is 12.1 Å². The normalized spacial score (nSPS) is 17.4. The number of methoxy groups -OCH3 is 1. The maximum absolute atomic E-state index is 11.1. The van der Waals surface area contributed by atoms with Gasteiger partial charge in [0.25, 0.3) is 5.69 Å². The highest BCUT2D eigenvalue weighted by Crippen LogP contribution is 2.42. The summed E-state index contributed by atoms with van der Waals surface area (Å²) in [5, 5.41) is 15.1. The third-order valence-electron chi connectivity index (χ3n) is 5.85. The van der Waals surface area contributed by atoms with Crippen LogP contribution in [0.5, 0.6) is 5.75 Å². The van der Waals surface area contributed by atoms with Crippen molar-refractivity contribution >= 4 is 28.7 Å². The molecule has 0 amide bonds. The first-order chi connectivity index (χ1) is 16.6. The minimum absolute atomic E-state index is 0.0468. The van der Waals surface area contributed by atoms with E-state index in [1.165, 1.54) is 12.1 Å². The Bertz CT molecular complexity index is 1340. The van der Waals surface area contributed by atoms with Gasteiger partial charge in [0, 0.05) is 47.7 Å². The van der Waals surface area contributed by atoms with E-state index < -0.39 is 4.92 Å². The molecule has 34 heavy (non-hydrogen) atoms. The molecule has 1 saturated heterocycles. The van der Waals surface area contributed by atoms with Crippen molar-refractivity contribution in [2.45, 2.75) is 12.1 Å². The lowest BCUT2D eigenvalue weighted by molar-refractivity contribution is -0.384. The standard InChI is InChI=1S/C25H21N5O3S/c1-33-20-7-4-6-19(16-20)29-24(23(27-25(29)34)21-8-2-3-14-26-21)22-9-5-15-28(22)17-10-12-18(13-11-17)30(31)32/h2-16,23-24H,1H3,(H,27,34). The number of rotatable bonds is 6. The molecule has 5 rings (SSSR count). The van der Waals surface area contributed by atoms with E-state index in [2.05, 4.69) is 15.2 Å². The number of benzene rings is 2. The zero-order chi connectivity index (χ0) is 23.7. The van der Waals surface area contributed by atoms with Crippen molar-refractivity contribution in [3.05, 3.63) is 113 Å². The minimum atomic E-state index is -0.401. The van der Waals surface area contributed by atoms with Crippen molar-refractivity contribution < 1.29 is 9.66 Å². The van der Waals surface area contributed by atoms with Crippen molar-refractivity contribution in [2.75, 3.05) is 12.0 Å². The van der Waals surface area contributed by atoms with Gasteiger partial charge in [-0.25, -0.2) is 0 Å². The summed E-state index contributed by atoms with van der Waals surface area (Å²) in [6, 6.07) is 23.6. The van der Waals surface area contributed by atoms with Crippen LogP contribution in [0.3, 0.4) is 0 Å². The van der Waals surface area contributed by atoms with Gasteiger partial charge in [-0.3, -0.25) is 15.1 Å². The number of thiocarbonyl (C=S) groups is 1. The lowest BCUT2D eigenvalue weighted by atomic mass is 10.0. The first-order valence-electron chi connectivity index (χ1n) is 10.6. The summed E-state index contributed by atoms with van der Waals surface area (Å²) in [5.41, 5.74) is 3.56. The SMILES string of the molecule is COc1cccc(N2C(=S)NC(c3ccccn3)C2c2cccn2-c2ccc([N+](=O)[O-])cc2)c1. The Kier molecular flexibility index (Phi) is 5.69. The maximum atomic E-state index is 11.1. The predicted octanol–water partition coefficient (Wildman–Crippen LogP) is 4.97. The molecular weight excluding hydrogens is 450 g/mol. The van der Waals surface area contributed by atoms with Crippen LogP contribution in [0, 0.1) is 10.1 Å². The topological polar surface area (TPSA) is 85.5 Å². The Morgan fingerprint density at radius 3 is 2.56 bits per heavy atom. The molecule has 2 atom stereocenters. The summed E-state index contributed by atoms with van der Waals surface area (Å²) in [6.45, 7) is 0. The molecule has 4 aromatic rings. The molecule has 2 unspecified atom stereocenters. The molecule has 1 aliphatic heterocycles. The van der Waals surface area contributed by atoms with Gasteiger partial charge in [0.15, 0.2) is 5.11 Å². The minimum Gasteiger partial charge on any atom is -0.497 e. The van der Waals surface area contributed by atoms with Gasteiger partial charge in [0.1, 0.15) is 11.8 Å². The van der Waals surface area contributed by atoms with Gasteiger partial charge in [0.2, 0.25) is 0 Å². The van der Waals surface area contributed by atoms with Gasteiger partial charge < -0.3 is 19.5 Å². The fourth-order valence-corrected chi connectivity index (χ4v) is 4.64. The van der Waals surface area contributed by atoms with Crippen LogP contribution in [0.25, 0.3) is 5.69 Å². The summed E-state index contributed by atoms with van der Waals surface area (Å²) < 4.78 is 7.47. The highest BCUT2D eigenvalue weighted by Gasteiger charge is 2.42. The predicted molar refractivity (Wildman–Crippen MR) is 133 cm³/mol. The number of anilines is 1. The maximum Gasteiger partial charge on any atom is 0.269 e. The van der Waals surface area contributed by atoms with Crippen LogP contribution in [-0.4, -0.2) is 26.7 Å². The summed E-state index contributed by atoms with van der Waals surface area (Å²) >= 11 is 5.80. The molecule has 1 aliphatic rings. The van der Waals surface area contributed by atoms with Crippen LogP contribution in [0.2, 0.25) is 0 Å². The van der Waals surface area contributed by atoms with Crippen molar-refractivity contribution in [1.82, 2.24) is 14.9 Å². The molecule has 0 radical (unpaired) electrons. The molecule has 2 aromatic carbocycles. The van der Waals surface area contributed by atoms with Crippen LogP contribution >= 0.6 is 12.2 Å². The van der Waals surface area contributed by atoms with Crippen molar-refractivity contribution in [1.29, 1.82) is 0 Å². The Morgan fingerprint density at radius 1 is 1.03 bits per heavy atom. The Hall–Kier alpha value is -4.24. The number of non-ortho nitro benzene ring substituents is 1. The molecule has 8 nitrogen and oxygen atoms in total. The Balaban J connectivity index is 1.64. The number of nitrogens with zero attached hydrogens (tertiary/aromatic N) is 4. The highest BCUT2D eigenvalue weighted by molar-refractivity contribution is 7.80. The zero-order valence-corrected chi connectivity index (χ0v) is 19.1. The van der Waals surface area contributed by atoms with E-state index in [-0.39, 0.29) is 17.8 Å². The average molecular weight is 472 g/mol. The third kappa shape index (κ3) is 3.86. The van der Waals surface area contributed by atoms with E-state index in [4.69, 9.17) is 17.0 Å². The zero-order valence-electron chi connectivity index (χ0n) is 18.2. The first kappa shape index (κ1) is 21.6. The third-order valence-corrected chi connectivity index (χ3v) is 6.17. The van der Waals surface area contributed by atoms with Crippen molar-refractivity contribution in [3.63, 3.8) is 0 Å². The molecule has 0 bridgehead atoms. The molecule has 2 aromatic heterocycles. The van der Waals surface area contributed by atoms with Crippen LogP contribution in [-0.2, 0) is 0 Å². The first-order valence-corrected chi connectivity index (χ1v) is 11.0. The van der Waals surface area contributed by atoms with Gasteiger partial charge in [-0.15, -0.1) is 0 Å². The second-order valence-electron chi connectivity index (χ2n) is 7.77. The number of nitro benzene ring substituents is 1. The molecule has 0 saturated carbocycles. The van der Waals surface area contributed by atoms with E-state index >= 15 is 0 Å². The van der Waals surface area contributed by atoms with Gasteiger partial charge in [-0.05, 0) is 60.7 Å². The van der Waals surface area contributed by atoms with Crippen LogP contribution in [0.15, 0.2) is 91.3 Å². The lowest BCUT2D eigenvalue weighted by Gasteiger charge is -2.29. The number of nitro groups is 1. The van der Waals surface area contributed by atoms with Crippen molar-refractivity contribution in [2.24, 2.45) is 0 Å². The number of aromatic nitrogens is 2. The lowest BCUT2D eigenvalue weighted by Crippen LogP contribution is -2.30. The van der Waals surface area contributed by atoms with Crippen LogP contribution in [0.1, 0.15) is 23.5 Å². The van der Waals surface area contributed by atoms with Gasteiger partial charge in [0.05, 0.1) is 23.8 Å². The van der Waals surface area contributed by atoms with E-state index in [0.717, 1.165) is 28.5 Å². The van der Waals surface area contributed by atoms with Gasteiger partial charge in [-0.2, -0.15) is 0 Å². The Labute approximate surface area is 201 Å². The molecule has 1 fully saturated rings. The largest absolute Gasteiger partial charge is 0.497 e. The molecule has 170 valence electrons. The summed E-state index contributed by atoms with van der Waals surface area (Å²) in [7, 11) is 1.63. The summed E-state index contributed by atoms with van der Waals surface area (Å²) in [5.74, 6) is 0.728. The van der Waals surface area contributed by atoms with E-state index in [9.17, 15) is 10.1 Å². The average Bonchev–Trinajstić information content (AvgIpc) is 3.49. The molecule has 9 heteroatoms. The monoisotopic (exact) mass is 471 g/mol. The van der Waals surface area contributed by atoms with Gasteiger partial charge >= 0.3 is 0 Å². The molecule has 0 spiro atoms. The molecule has 1 N–H and O–H groups in total. The second kappa shape index (κ2) is 8.95. The highest BCUT2D eigenvalue weighted by atomic mass is 32.1. The van der Waals surface area contributed by atoms with Crippen LogP contribution < -0.4 is 15.0 Å². The number of ether oxygens (including phenoxy) is 1. The number of nitrogens with one attached hydrogen (secondary N) is 1. The van der Waals surface area contributed by atoms with Crippen molar-refractivity contribution in [3.8, 4) is 11.4 Å². The molecule has 3 heterocycles. The second-order valence-corrected chi connectivity index (χ2v) is 8.16. The van der Waals surface area contributed by atoms with E-state index in [1.54, 1.807) is 25.4 Å². The Morgan fingerprint density at radius 2 is 1.85 bits per heavy atom. The smallest absolute Gasteiger partial charge is 0.269 e. The number of pyridine rings is 1.